The molecule has 6 heteroatoms. The number of hydrogen-bond donors (Lipinski definition) is 1. The molecule has 134 valence electrons. The quantitative estimate of drug-likeness (QED) is 0.586. The molecule has 3 rings (SSSR count). The summed E-state index contributed by atoms with van der Waals surface area (Å²) in [5.41, 5.74) is 5.03. The number of anilines is 1. The molecule has 0 bridgehead atoms. The number of amides is 1. The maximum absolute atomic E-state index is 13.0. The smallest absolute Gasteiger partial charge is 0.261 e. The third-order valence-electron chi connectivity index (χ3n) is 4.20. The number of aryl methyl sites for hydroxylation is 4. The van der Waals surface area contributed by atoms with Gasteiger partial charge in [0.15, 0.2) is 0 Å². The minimum Gasteiger partial charge on any atom is -0.360 e. The van der Waals surface area contributed by atoms with Crippen molar-refractivity contribution >= 4 is 34.8 Å². The number of hydrogen-bond acceptors (Lipinski definition) is 3. The summed E-state index contributed by atoms with van der Waals surface area (Å²) in [7, 11) is 0. The van der Waals surface area contributed by atoms with Crippen molar-refractivity contribution in [3.8, 4) is 11.3 Å². The summed E-state index contributed by atoms with van der Waals surface area (Å²) in [6, 6.07) is 9.18. The second kappa shape index (κ2) is 7.14. The van der Waals surface area contributed by atoms with E-state index >= 15 is 0 Å². The van der Waals surface area contributed by atoms with E-state index in [1.165, 1.54) is 0 Å². The highest BCUT2D eigenvalue weighted by Gasteiger charge is 2.25. The summed E-state index contributed by atoms with van der Waals surface area (Å²) in [6.07, 6.45) is 0. The van der Waals surface area contributed by atoms with E-state index in [1.54, 1.807) is 25.1 Å². The van der Waals surface area contributed by atoms with Crippen LogP contribution in [0.5, 0.6) is 0 Å². The van der Waals surface area contributed by atoms with Gasteiger partial charge in [0.2, 0.25) is 0 Å². The molecule has 1 aromatic heterocycles. The minimum atomic E-state index is -0.315. The molecule has 0 saturated heterocycles. The molecule has 0 saturated carbocycles. The molecule has 1 N–H and O–H groups in total. The van der Waals surface area contributed by atoms with Crippen molar-refractivity contribution in [2.45, 2.75) is 27.7 Å². The van der Waals surface area contributed by atoms with Gasteiger partial charge in [0.05, 0.1) is 10.0 Å². The maximum atomic E-state index is 13.0. The Morgan fingerprint density at radius 1 is 1.04 bits per heavy atom. The fourth-order valence-corrected chi connectivity index (χ4v) is 3.66. The molecule has 4 nitrogen and oxygen atoms in total. The third kappa shape index (κ3) is 3.35. The van der Waals surface area contributed by atoms with E-state index in [0.29, 0.717) is 32.6 Å². The van der Waals surface area contributed by atoms with Gasteiger partial charge < -0.3 is 9.84 Å². The Morgan fingerprint density at radius 3 is 2.19 bits per heavy atom. The molecule has 1 heterocycles. The van der Waals surface area contributed by atoms with Gasteiger partial charge in [-0.25, -0.2) is 0 Å². The van der Waals surface area contributed by atoms with Gasteiger partial charge in [-0.2, -0.15) is 0 Å². The number of nitrogens with one attached hydrogen (secondary N) is 1. The van der Waals surface area contributed by atoms with Gasteiger partial charge in [-0.1, -0.05) is 52.1 Å². The molecule has 0 aliphatic rings. The van der Waals surface area contributed by atoms with Crippen LogP contribution in [0.3, 0.4) is 0 Å². The van der Waals surface area contributed by atoms with Crippen molar-refractivity contribution in [2.75, 3.05) is 5.32 Å². The van der Waals surface area contributed by atoms with E-state index in [9.17, 15) is 4.79 Å². The second-order valence-electron chi connectivity index (χ2n) is 6.29. The van der Waals surface area contributed by atoms with Gasteiger partial charge in [0, 0.05) is 11.3 Å². The van der Waals surface area contributed by atoms with Gasteiger partial charge in [-0.3, -0.25) is 4.79 Å². The van der Waals surface area contributed by atoms with E-state index in [0.717, 1.165) is 22.4 Å². The summed E-state index contributed by atoms with van der Waals surface area (Å²) in [5, 5.41) is 7.81. The largest absolute Gasteiger partial charge is 0.360 e. The molecule has 0 fully saturated rings. The Morgan fingerprint density at radius 2 is 1.62 bits per heavy atom. The zero-order chi connectivity index (χ0) is 19.0. The van der Waals surface area contributed by atoms with E-state index in [4.69, 9.17) is 27.7 Å². The fraction of sp³-hybridized carbons (Fsp3) is 0.200. The van der Waals surface area contributed by atoms with E-state index in [-0.39, 0.29) is 5.91 Å². The van der Waals surface area contributed by atoms with E-state index in [2.05, 4.69) is 10.5 Å². The van der Waals surface area contributed by atoms with Crippen molar-refractivity contribution in [3.05, 3.63) is 68.4 Å². The zero-order valence-corrected chi connectivity index (χ0v) is 16.4. The Balaban J connectivity index is 2.06. The van der Waals surface area contributed by atoms with Crippen LogP contribution in [0.1, 0.15) is 32.8 Å². The summed E-state index contributed by atoms with van der Waals surface area (Å²) < 4.78 is 5.27. The minimum absolute atomic E-state index is 0.315. The normalized spacial score (nSPS) is 10.8. The predicted molar refractivity (Wildman–Crippen MR) is 105 cm³/mol. The van der Waals surface area contributed by atoms with Gasteiger partial charge in [-0.05, 0) is 51.0 Å². The number of nitrogens with zero attached hydrogens (tertiary/aromatic N) is 1. The predicted octanol–water partition coefficient (Wildman–Crippen LogP) is 6.13. The molecule has 0 aliphatic heterocycles. The molecule has 2 aromatic carbocycles. The summed E-state index contributed by atoms with van der Waals surface area (Å²) in [4.78, 5) is 13.0. The molecule has 0 spiro atoms. The molecule has 1 amide bonds. The van der Waals surface area contributed by atoms with Crippen molar-refractivity contribution in [1.29, 1.82) is 0 Å². The van der Waals surface area contributed by atoms with Gasteiger partial charge in [0.1, 0.15) is 17.0 Å². The number of aromatic nitrogens is 1. The number of carbonyl (C=O) groups excluding carboxylic acids is 1. The molecule has 3 aromatic rings. The van der Waals surface area contributed by atoms with Crippen molar-refractivity contribution < 1.29 is 9.32 Å². The van der Waals surface area contributed by atoms with Crippen LogP contribution >= 0.6 is 23.2 Å². The second-order valence-corrected chi connectivity index (χ2v) is 7.10. The Hall–Kier alpha value is -2.30. The summed E-state index contributed by atoms with van der Waals surface area (Å²) in [5.74, 6) is 0.0840. The Kier molecular flexibility index (Phi) is 5.08. The molecular formula is C20H18Cl2N2O2. The van der Waals surface area contributed by atoms with E-state index < -0.39 is 0 Å². The number of benzene rings is 2. The van der Waals surface area contributed by atoms with Crippen LogP contribution in [-0.2, 0) is 0 Å². The van der Waals surface area contributed by atoms with Gasteiger partial charge >= 0.3 is 0 Å². The van der Waals surface area contributed by atoms with Crippen LogP contribution in [0.2, 0.25) is 10.0 Å². The van der Waals surface area contributed by atoms with Crippen LogP contribution in [0.4, 0.5) is 5.69 Å². The molecular weight excluding hydrogens is 371 g/mol. The standard InChI is InChI=1S/C20H18Cl2N2O2/c1-10-8-11(2)18(12(3)9-10)23-20(25)16-13(4)26-24-19(16)17-14(21)6-5-7-15(17)22/h5-9H,1-4H3,(H,23,25). The summed E-state index contributed by atoms with van der Waals surface area (Å²) in [6.45, 7) is 7.63. The Labute approximate surface area is 162 Å². The van der Waals surface area contributed by atoms with Crippen LogP contribution in [0, 0.1) is 27.7 Å². The highest BCUT2D eigenvalue weighted by atomic mass is 35.5. The lowest BCUT2D eigenvalue weighted by molar-refractivity contribution is 0.102. The highest BCUT2D eigenvalue weighted by molar-refractivity contribution is 6.39. The molecule has 0 radical (unpaired) electrons. The SMILES string of the molecule is Cc1cc(C)c(NC(=O)c2c(-c3c(Cl)cccc3Cl)noc2C)c(C)c1. The first-order valence-electron chi connectivity index (χ1n) is 8.09. The molecule has 26 heavy (non-hydrogen) atoms. The molecule has 0 unspecified atom stereocenters. The van der Waals surface area contributed by atoms with E-state index in [1.807, 2.05) is 32.9 Å². The van der Waals surface area contributed by atoms with Crippen molar-refractivity contribution in [3.63, 3.8) is 0 Å². The lowest BCUT2D eigenvalue weighted by Gasteiger charge is -2.13. The van der Waals surface area contributed by atoms with Gasteiger partial charge in [0.25, 0.3) is 5.91 Å². The van der Waals surface area contributed by atoms with Crippen LogP contribution in [0.15, 0.2) is 34.9 Å². The first-order chi connectivity index (χ1) is 12.3. The third-order valence-corrected chi connectivity index (χ3v) is 4.83. The number of halogens is 2. The first kappa shape index (κ1) is 18.5. The van der Waals surface area contributed by atoms with Crippen LogP contribution in [0.25, 0.3) is 11.3 Å². The maximum Gasteiger partial charge on any atom is 0.261 e. The zero-order valence-electron chi connectivity index (χ0n) is 14.9. The average molecular weight is 389 g/mol. The lowest BCUT2D eigenvalue weighted by atomic mass is 10.0. The lowest BCUT2D eigenvalue weighted by Crippen LogP contribution is -2.15. The van der Waals surface area contributed by atoms with Crippen LogP contribution < -0.4 is 5.32 Å². The van der Waals surface area contributed by atoms with Crippen molar-refractivity contribution in [2.24, 2.45) is 0 Å². The molecule has 0 aliphatic carbocycles. The monoisotopic (exact) mass is 388 g/mol. The first-order valence-corrected chi connectivity index (χ1v) is 8.85. The van der Waals surface area contributed by atoms with Gasteiger partial charge in [-0.15, -0.1) is 0 Å². The number of carbonyl (C=O) groups is 1. The molecule has 0 atom stereocenters. The fourth-order valence-electron chi connectivity index (χ4n) is 3.09. The number of rotatable bonds is 3. The topological polar surface area (TPSA) is 55.1 Å². The van der Waals surface area contributed by atoms with Crippen molar-refractivity contribution in [1.82, 2.24) is 5.16 Å². The average Bonchev–Trinajstić information content (AvgIpc) is 2.92. The summed E-state index contributed by atoms with van der Waals surface area (Å²) >= 11 is 12.6. The van der Waals surface area contributed by atoms with Crippen LogP contribution in [-0.4, -0.2) is 11.1 Å². The highest BCUT2D eigenvalue weighted by Crippen LogP contribution is 2.37. The Bertz CT molecular complexity index is 966.